The maximum atomic E-state index is 5.66. The number of nitrogens with zero attached hydrogens (tertiary/aromatic N) is 1. The highest BCUT2D eigenvalue weighted by atomic mass is 31.0. The van der Waals surface area contributed by atoms with Gasteiger partial charge in [-0.05, 0) is 31.6 Å². The predicted octanol–water partition coefficient (Wildman–Crippen LogP) is 1.98. The molecule has 1 unspecified atom stereocenters. The van der Waals surface area contributed by atoms with Gasteiger partial charge in [-0.15, -0.1) is 0 Å². The summed E-state index contributed by atoms with van der Waals surface area (Å²) in [4.78, 5) is 0. The summed E-state index contributed by atoms with van der Waals surface area (Å²) in [6.07, 6.45) is 3.32. The number of hydrogen-bond donors (Lipinski definition) is 0. The van der Waals surface area contributed by atoms with Crippen LogP contribution in [0.25, 0.3) is 0 Å². The van der Waals surface area contributed by atoms with Crippen molar-refractivity contribution in [2.45, 2.75) is 26.2 Å². The van der Waals surface area contributed by atoms with E-state index in [-0.39, 0.29) is 0 Å². The van der Waals surface area contributed by atoms with Crippen LogP contribution in [0.15, 0.2) is 0 Å². The van der Waals surface area contributed by atoms with Crippen LogP contribution in [0.3, 0.4) is 0 Å². The van der Waals surface area contributed by atoms with Crippen molar-refractivity contribution in [3.05, 3.63) is 6.92 Å². The Morgan fingerprint density at radius 2 is 2.00 bits per heavy atom. The third-order valence-electron chi connectivity index (χ3n) is 2.50. The molecule has 2 radical (unpaired) electrons. The Kier molecular flexibility index (Phi) is 2.71. The quantitative estimate of drug-likeness (QED) is 0.526. The van der Waals surface area contributed by atoms with Gasteiger partial charge in [0.1, 0.15) is 0 Å². The lowest BCUT2D eigenvalue weighted by molar-refractivity contribution is 0.184. The van der Waals surface area contributed by atoms with Crippen molar-refractivity contribution < 1.29 is 0 Å². The zero-order valence-corrected chi connectivity index (χ0v) is 7.79. The fraction of sp³-hybridized carbons (Fsp3) is 0.875. The molecule has 0 aromatic carbocycles. The average Bonchev–Trinajstić information content (AvgIpc) is 1.96. The molecule has 2 heteroatoms. The van der Waals surface area contributed by atoms with Crippen LogP contribution in [-0.2, 0) is 0 Å². The lowest BCUT2D eigenvalue weighted by atomic mass is 9.79. The summed E-state index contributed by atoms with van der Waals surface area (Å²) in [6, 6.07) is 0. The van der Waals surface area contributed by atoms with Crippen molar-refractivity contribution in [1.82, 2.24) is 4.67 Å². The lowest BCUT2D eigenvalue weighted by Gasteiger charge is -2.36. The monoisotopic (exact) mass is 157 g/mol. The van der Waals surface area contributed by atoms with E-state index >= 15 is 0 Å². The van der Waals surface area contributed by atoms with Crippen LogP contribution in [-0.4, -0.2) is 17.8 Å². The van der Waals surface area contributed by atoms with E-state index in [2.05, 4.69) is 21.0 Å². The Morgan fingerprint density at radius 1 is 1.50 bits per heavy atom. The van der Waals surface area contributed by atoms with Crippen LogP contribution in [0, 0.1) is 12.3 Å². The van der Waals surface area contributed by atoms with E-state index in [0.717, 1.165) is 6.42 Å². The van der Waals surface area contributed by atoms with Crippen LogP contribution >= 0.6 is 9.39 Å². The van der Waals surface area contributed by atoms with Gasteiger partial charge in [0.2, 0.25) is 0 Å². The maximum Gasteiger partial charge on any atom is 0.00213 e. The molecule has 0 aliphatic carbocycles. The lowest BCUT2D eigenvalue weighted by Crippen LogP contribution is -2.32. The molecular weight excluding hydrogens is 141 g/mol. The Morgan fingerprint density at radius 3 is 2.40 bits per heavy atom. The third-order valence-corrected chi connectivity index (χ3v) is 3.01. The summed E-state index contributed by atoms with van der Waals surface area (Å²) >= 11 is 0. The summed E-state index contributed by atoms with van der Waals surface area (Å²) < 4.78 is 2.29. The molecule has 1 fully saturated rings. The predicted molar refractivity (Wildman–Crippen MR) is 47.5 cm³/mol. The van der Waals surface area contributed by atoms with Gasteiger partial charge in [0.15, 0.2) is 0 Å². The van der Waals surface area contributed by atoms with Crippen molar-refractivity contribution in [3.63, 3.8) is 0 Å². The SMILES string of the molecule is [CH]CC1(C)CCN(P)CC1. The maximum absolute atomic E-state index is 5.66. The molecule has 1 heterocycles. The van der Waals surface area contributed by atoms with Gasteiger partial charge in [-0.2, -0.15) is 0 Å². The number of rotatable bonds is 1. The van der Waals surface area contributed by atoms with Crippen molar-refractivity contribution >= 4 is 9.39 Å². The first-order valence-corrected chi connectivity index (χ1v) is 4.38. The van der Waals surface area contributed by atoms with Gasteiger partial charge >= 0.3 is 0 Å². The highest BCUT2D eigenvalue weighted by Gasteiger charge is 2.26. The van der Waals surface area contributed by atoms with Crippen LogP contribution in [0.1, 0.15) is 26.2 Å². The van der Waals surface area contributed by atoms with Crippen LogP contribution < -0.4 is 0 Å². The van der Waals surface area contributed by atoms with E-state index in [4.69, 9.17) is 6.92 Å². The standard InChI is InChI=1S/C8H16NP/c1-3-8(2)4-6-9(10)7-5-8/h1H,3-7,10H2,2H3. The molecule has 1 aliphatic rings. The van der Waals surface area contributed by atoms with Crippen molar-refractivity contribution in [3.8, 4) is 0 Å². The van der Waals surface area contributed by atoms with Crippen LogP contribution in [0.2, 0.25) is 0 Å². The Labute approximate surface area is 66.4 Å². The van der Waals surface area contributed by atoms with Crippen molar-refractivity contribution in [1.29, 1.82) is 0 Å². The summed E-state index contributed by atoms with van der Waals surface area (Å²) in [6.45, 7) is 10.3. The fourth-order valence-corrected chi connectivity index (χ4v) is 1.53. The Hall–Kier alpha value is 0.390. The minimum atomic E-state index is 0.424. The molecule has 1 rings (SSSR count). The third kappa shape index (κ3) is 1.93. The highest BCUT2D eigenvalue weighted by molar-refractivity contribution is 7.13. The summed E-state index contributed by atoms with van der Waals surface area (Å²) in [5.74, 6) is 0. The Balaban J connectivity index is 2.38. The molecule has 0 spiro atoms. The number of hydrogen-bond acceptors (Lipinski definition) is 1. The molecule has 0 N–H and O–H groups in total. The second-order valence-corrected chi connectivity index (χ2v) is 4.28. The van der Waals surface area contributed by atoms with Gasteiger partial charge in [0, 0.05) is 13.1 Å². The number of piperidine rings is 1. The second-order valence-electron chi connectivity index (χ2n) is 3.55. The molecule has 0 bridgehead atoms. The highest BCUT2D eigenvalue weighted by Crippen LogP contribution is 2.34. The minimum absolute atomic E-state index is 0.424. The van der Waals surface area contributed by atoms with E-state index in [1.165, 1.54) is 25.9 Å². The molecule has 1 saturated heterocycles. The van der Waals surface area contributed by atoms with Gasteiger partial charge in [-0.3, -0.25) is 4.67 Å². The average molecular weight is 157 g/mol. The molecule has 0 amide bonds. The summed E-state index contributed by atoms with van der Waals surface area (Å²) in [7, 11) is 2.75. The summed E-state index contributed by atoms with van der Waals surface area (Å²) in [5, 5.41) is 0. The first-order chi connectivity index (χ1) is 4.66. The molecule has 58 valence electrons. The molecule has 1 aliphatic heterocycles. The summed E-state index contributed by atoms with van der Waals surface area (Å²) in [5.41, 5.74) is 0.424. The van der Waals surface area contributed by atoms with E-state index in [1.807, 2.05) is 0 Å². The van der Waals surface area contributed by atoms with Gasteiger partial charge in [-0.25, -0.2) is 0 Å². The molecule has 0 aromatic rings. The van der Waals surface area contributed by atoms with Crippen LogP contribution in [0.5, 0.6) is 0 Å². The first-order valence-electron chi connectivity index (χ1n) is 3.86. The van der Waals surface area contributed by atoms with Gasteiger partial charge in [0.05, 0.1) is 0 Å². The topological polar surface area (TPSA) is 3.24 Å². The minimum Gasteiger partial charge on any atom is -0.287 e. The van der Waals surface area contributed by atoms with Gasteiger partial charge in [-0.1, -0.05) is 16.3 Å². The zero-order chi connectivity index (χ0) is 7.61. The second kappa shape index (κ2) is 3.19. The van der Waals surface area contributed by atoms with E-state index in [0.29, 0.717) is 5.41 Å². The molecule has 0 aromatic heterocycles. The van der Waals surface area contributed by atoms with E-state index in [9.17, 15) is 0 Å². The Bertz CT molecular complexity index is 106. The van der Waals surface area contributed by atoms with E-state index in [1.54, 1.807) is 0 Å². The molecule has 1 atom stereocenters. The van der Waals surface area contributed by atoms with Crippen molar-refractivity contribution in [2.75, 3.05) is 13.1 Å². The van der Waals surface area contributed by atoms with Gasteiger partial charge < -0.3 is 0 Å². The van der Waals surface area contributed by atoms with E-state index < -0.39 is 0 Å². The first kappa shape index (κ1) is 8.49. The molecule has 10 heavy (non-hydrogen) atoms. The van der Waals surface area contributed by atoms with Crippen LogP contribution in [0.4, 0.5) is 0 Å². The molecule has 1 nitrogen and oxygen atoms in total. The molecular formula is C8H16NP. The largest absolute Gasteiger partial charge is 0.287 e. The van der Waals surface area contributed by atoms with Gasteiger partial charge in [0.25, 0.3) is 0 Å². The smallest absolute Gasteiger partial charge is 0.00213 e. The molecule has 0 saturated carbocycles. The van der Waals surface area contributed by atoms with Crippen molar-refractivity contribution in [2.24, 2.45) is 5.41 Å². The fourth-order valence-electron chi connectivity index (χ4n) is 1.27. The normalized spacial score (nSPS) is 26.7. The zero-order valence-electron chi connectivity index (χ0n) is 6.64.